The molecular weight excluding hydrogens is 380 g/mol. The molecule has 0 aliphatic carbocycles. The molecule has 0 saturated heterocycles. The summed E-state index contributed by atoms with van der Waals surface area (Å²) in [5.74, 6) is 0.336. The number of anilines is 2. The van der Waals surface area contributed by atoms with E-state index in [4.69, 9.17) is 0 Å². The Bertz CT molecular complexity index is 881. The molecule has 0 unspecified atom stereocenters. The van der Waals surface area contributed by atoms with Crippen LogP contribution in [0.3, 0.4) is 0 Å². The van der Waals surface area contributed by atoms with Gasteiger partial charge in [-0.05, 0) is 42.3 Å². The summed E-state index contributed by atoms with van der Waals surface area (Å²) in [5.41, 5.74) is 3.43. The summed E-state index contributed by atoms with van der Waals surface area (Å²) in [6.45, 7) is 2.48. The van der Waals surface area contributed by atoms with Crippen LogP contribution < -0.4 is 10.6 Å². The second-order valence-corrected chi connectivity index (χ2v) is 6.45. The first kappa shape index (κ1) is 17.1. The normalized spacial score (nSPS) is 10.3. The molecule has 0 radical (unpaired) electrons. The highest BCUT2D eigenvalue weighted by Gasteiger charge is 2.09. The van der Waals surface area contributed by atoms with Crippen molar-refractivity contribution in [3.63, 3.8) is 0 Å². The van der Waals surface area contributed by atoms with Crippen molar-refractivity contribution in [2.24, 2.45) is 0 Å². The van der Waals surface area contributed by atoms with Crippen LogP contribution in [0.2, 0.25) is 0 Å². The molecule has 5 nitrogen and oxygen atoms in total. The molecule has 2 aromatic carbocycles. The van der Waals surface area contributed by atoms with E-state index in [1.165, 1.54) is 6.33 Å². The number of rotatable bonds is 5. The molecule has 0 spiro atoms. The van der Waals surface area contributed by atoms with Gasteiger partial charge in [0, 0.05) is 22.8 Å². The third-order valence-electron chi connectivity index (χ3n) is 3.72. The fourth-order valence-corrected chi connectivity index (χ4v) is 2.57. The lowest BCUT2D eigenvalue weighted by Gasteiger charge is -2.09. The third-order valence-corrected chi connectivity index (χ3v) is 4.25. The molecule has 0 fully saturated rings. The molecule has 1 amide bonds. The number of hydrogen-bond acceptors (Lipinski definition) is 4. The molecule has 2 N–H and O–H groups in total. The topological polar surface area (TPSA) is 66.9 Å². The molecule has 1 aromatic heterocycles. The first-order valence-corrected chi connectivity index (χ1v) is 8.58. The smallest absolute Gasteiger partial charge is 0.270 e. The number of benzene rings is 2. The Morgan fingerprint density at radius 2 is 1.84 bits per heavy atom. The van der Waals surface area contributed by atoms with E-state index in [1.807, 2.05) is 55.5 Å². The summed E-state index contributed by atoms with van der Waals surface area (Å²) in [5, 5.41) is 6.05. The summed E-state index contributed by atoms with van der Waals surface area (Å²) < 4.78 is 0.997. The molecule has 1 heterocycles. The lowest BCUT2D eigenvalue weighted by molar-refractivity contribution is 0.0945. The van der Waals surface area contributed by atoms with E-state index in [9.17, 15) is 4.79 Å². The summed E-state index contributed by atoms with van der Waals surface area (Å²) >= 11 is 3.40. The molecule has 0 saturated carbocycles. The molecule has 126 valence electrons. The van der Waals surface area contributed by atoms with Crippen molar-refractivity contribution in [1.29, 1.82) is 0 Å². The number of nitrogens with zero attached hydrogens (tertiary/aromatic N) is 2. The van der Waals surface area contributed by atoms with Crippen molar-refractivity contribution >= 4 is 33.3 Å². The highest BCUT2D eigenvalue weighted by molar-refractivity contribution is 9.10. The number of aromatic nitrogens is 2. The molecule has 3 rings (SSSR count). The zero-order valence-corrected chi connectivity index (χ0v) is 15.2. The van der Waals surface area contributed by atoms with Crippen LogP contribution in [0, 0.1) is 6.92 Å². The van der Waals surface area contributed by atoms with E-state index in [0.717, 1.165) is 21.3 Å². The van der Waals surface area contributed by atoms with E-state index in [2.05, 4.69) is 36.5 Å². The minimum absolute atomic E-state index is 0.232. The van der Waals surface area contributed by atoms with E-state index in [0.29, 0.717) is 18.1 Å². The molecule has 6 heteroatoms. The minimum Gasteiger partial charge on any atom is -0.347 e. The van der Waals surface area contributed by atoms with Gasteiger partial charge < -0.3 is 10.6 Å². The molecule has 0 aliphatic heterocycles. The molecule has 0 aliphatic rings. The van der Waals surface area contributed by atoms with Crippen LogP contribution in [0.4, 0.5) is 11.5 Å². The maximum absolute atomic E-state index is 12.3. The Hall–Kier alpha value is -2.73. The lowest BCUT2D eigenvalue weighted by Crippen LogP contribution is -2.24. The van der Waals surface area contributed by atoms with Gasteiger partial charge in [-0.15, -0.1) is 0 Å². The van der Waals surface area contributed by atoms with Crippen molar-refractivity contribution in [3.8, 4) is 0 Å². The maximum Gasteiger partial charge on any atom is 0.270 e. The Morgan fingerprint density at radius 1 is 1.08 bits per heavy atom. The van der Waals surface area contributed by atoms with Gasteiger partial charge in [-0.2, -0.15) is 0 Å². The van der Waals surface area contributed by atoms with E-state index in [-0.39, 0.29) is 5.91 Å². The summed E-state index contributed by atoms with van der Waals surface area (Å²) in [6.07, 6.45) is 1.38. The van der Waals surface area contributed by atoms with Crippen molar-refractivity contribution in [3.05, 3.63) is 82.2 Å². The van der Waals surface area contributed by atoms with Gasteiger partial charge in [0.1, 0.15) is 17.8 Å². The first-order valence-electron chi connectivity index (χ1n) is 7.79. The molecule has 3 aromatic rings. The minimum atomic E-state index is -0.232. The zero-order chi connectivity index (χ0) is 17.6. The van der Waals surface area contributed by atoms with Crippen molar-refractivity contribution < 1.29 is 4.79 Å². The largest absolute Gasteiger partial charge is 0.347 e. The van der Waals surface area contributed by atoms with Gasteiger partial charge >= 0.3 is 0 Å². The van der Waals surface area contributed by atoms with Gasteiger partial charge in [-0.25, -0.2) is 9.97 Å². The average Bonchev–Trinajstić information content (AvgIpc) is 2.63. The Kier molecular flexibility index (Phi) is 5.40. The van der Waals surface area contributed by atoms with E-state index in [1.54, 1.807) is 6.07 Å². The van der Waals surface area contributed by atoms with Gasteiger partial charge in [0.15, 0.2) is 0 Å². The van der Waals surface area contributed by atoms with Gasteiger partial charge in [0.2, 0.25) is 0 Å². The number of amides is 1. The van der Waals surface area contributed by atoms with E-state index >= 15 is 0 Å². The molecular formula is C19H17BrN4O. The second-order valence-electron chi connectivity index (χ2n) is 5.53. The lowest BCUT2D eigenvalue weighted by atomic mass is 10.1. The zero-order valence-electron chi connectivity index (χ0n) is 13.7. The summed E-state index contributed by atoms with van der Waals surface area (Å²) in [7, 11) is 0. The van der Waals surface area contributed by atoms with Crippen molar-refractivity contribution in [1.82, 2.24) is 15.3 Å². The van der Waals surface area contributed by atoms with Crippen molar-refractivity contribution in [2.75, 3.05) is 5.32 Å². The highest BCUT2D eigenvalue weighted by atomic mass is 79.9. The number of halogens is 1. The molecule has 25 heavy (non-hydrogen) atoms. The monoisotopic (exact) mass is 396 g/mol. The fraction of sp³-hybridized carbons (Fsp3) is 0.105. The van der Waals surface area contributed by atoms with Crippen LogP contribution in [-0.4, -0.2) is 15.9 Å². The quantitative estimate of drug-likeness (QED) is 0.677. The van der Waals surface area contributed by atoms with Crippen LogP contribution in [0.25, 0.3) is 0 Å². The molecule has 0 atom stereocenters. The van der Waals surface area contributed by atoms with Crippen LogP contribution in [-0.2, 0) is 6.54 Å². The SMILES string of the molecule is Cc1ccccc1CNC(=O)c1cc(Nc2ccc(Br)cc2)ncn1. The van der Waals surface area contributed by atoms with Gasteiger partial charge in [0.25, 0.3) is 5.91 Å². The van der Waals surface area contributed by atoms with Crippen LogP contribution >= 0.6 is 15.9 Å². The Labute approximate surface area is 154 Å². The highest BCUT2D eigenvalue weighted by Crippen LogP contribution is 2.18. The van der Waals surface area contributed by atoms with E-state index < -0.39 is 0 Å². The second kappa shape index (κ2) is 7.90. The van der Waals surface area contributed by atoms with Crippen LogP contribution in [0.15, 0.2) is 65.4 Å². The number of hydrogen-bond donors (Lipinski definition) is 2. The maximum atomic E-state index is 12.3. The van der Waals surface area contributed by atoms with Gasteiger partial charge in [-0.1, -0.05) is 40.2 Å². The third kappa shape index (κ3) is 4.64. The summed E-state index contributed by atoms with van der Waals surface area (Å²) in [4.78, 5) is 20.6. The van der Waals surface area contributed by atoms with Gasteiger partial charge in [0.05, 0.1) is 0 Å². The fourth-order valence-electron chi connectivity index (χ4n) is 2.31. The predicted molar refractivity (Wildman–Crippen MR) is 102 cm³/mol. The Balaban J connectivity index is 1.67. The first-order chi connectivity index (χ1) is 12.1. The Morgan fingerprint density at radius 3 is 2.60 bits per heavy atom. The van der Waals surface area contributed by atoms with Crippen molar-refractivity contribution in [2.45, 2.75) is 13.5 Å². The number of carbonyl (C=O) groups is 1. The number of aryl methyl sites for hydroxylation is 1. The average molecular weight is 397 g/mol. The van der Waals surface area contributed by atoms with Gasteiger partial charge in [-0.3, -0.25) is 4.79 Å². The van der Waals surface area contributed by atoms with Crippen LogP contribution in [0.5, 0.6) is 0 Å². The summed E-state index contributed by atoms with van der Waals surface area (Å²) in [6, 6.07) is 17.3. The number of carbonyl (C=O) groups excluding carboxylic acids is 1. The van der Waals surface area contributed by atoms with Crippen LogP contribution in [0.1, 0.15) is 21.6 Å². The standard InChI is InChI=1S/C19H17BrN4O/c1-13-4-2-3-5-14(13)11-21-19(25)17-10-18(23-12-22-17)24-16-8-6-15(20)7-9-16/h2-10,12H,11H2,1H3,(H,21,25)(H,22,23,24). The predicted octanol–water partition coefficient (Wildman–Crippen LogP) is 4.22. The molecule has 0 bridgehead atoms. The number of nitrogens with one attached hydrogen (secondary N) is 2.